The van der Waals surface area contributed by atoms with Gasteiger partial charge in [-0.3, -0.25) is 4.98 Å². The summed E-state index contributed by atoms with van der Waals surface area (Å²) in [5.41, 5.74) is 7.78. The lowest BCUT2D eigenvalue weighted by molar-refractivity contribution is 0.0600. The number of methoxy groups -OCH3 is 1. The molecular formula is C32H33N5O3S. The van der Waals surface area contributed by atoms with Gasteiger partial charge in [-0.1, -0.05) is 12.1 Å². The predicted molar refractivity (Wildman–Crippen MR) is 164 cm³/mol. The summed E-state index contributed by atoms with van der Waals surface area (Å²) in [7, 11) is 1.40. The van der Waals surface area contributed by atoms with Crippen LogP contribution in [-0.2, 0) is 9.47 Å². The molecule has 9 heteroatoms. The number of hydrogen-bond acceptors (Lipinski definition) is 6. The summed E-state index contributed by atoms with van der Waals surface area (Å²) >= 11 is 5.97. The summed E-state index contributed by atoms with van der Waals surface area (Å²) in [6.45, 7) is 7.46. The van der Waals surface area contributed by atoms with E-state index >= 15 is 0 Å². The van der Waals surface area contributed by atoms with Crippen molar-refractivity contribution in [1.29, 1.82) is 0 Å². The van der Waals surface area contributed by atoms with Crippen LogP contribution in [0.5, 0.6) is 0 Å². The van der Waals surface area contributed by atoms with E-state index in [1.165, 1.54) is 12.8 Å². The first-order valence-electron chi connectivity index (χ1n) is 13.8. The summed E-state index contributed by atoms with van der Waals surface area (Å²) in [4.78, 5) is 21.5. The van der Waals surface area contributed by atoms with Gasteiger partial charge in [-0.15, -0.1) is 0 Å². The van der Waals surface area contributed by atoms with Gasteiger partial charge < -0.3 is 29.2 Å². The highest BCUT2D eigenvalue weighted by Crippen LogP contribution is 2.44. The predicted octanol–water partition coefficient (Wildman–Crippen LogP) is 5.29. The normalized spacial score (nSPS) is 18.9. The number of nitrogens with zero attached hydrogens (tertiary/aromatic N) is 4. The van der Waals surface area contributed by atoms with Crippen molar-refractivity contribution in [3.05, 3.63) is 107 Å². The molecule has 0 bridgehead atoms. The molecular weight excluding hydrogens is 534 g/mol. The van der Waals surface area contributed by atoms with Gasteiger partial charge in [0.15, 0.2) is 5.11 Å². The number of aryl methyl sites for hydroxylation is 1. The average Bonchev–Trinajstić information content (AvgIpc) is 3.52. The number of aromatic nitrogens is 2. The molecule has 0 radical (unpaired) electrons. The molecule has 2 aromatic heterocycles. The molecule has 4 heterocycles. The molecule has 2 fully saturated rings. The van der Waals surface area contributed by atoms with E-state index in [0.717, 1.165) is 60.3 Å². The molecule has 2 aromatic carbocycles. The molecule has 210 valence electrons. The lowest BCUT2D eigenvalue weighted by atomic mass is 9.96. The van der Waals surface area contributed by atoms with Gasteiger partial charge >= 0.3 is 5.97 Å². The van der Waals surface area contributed by atoms with Crippen LogP contribution in [0.4, 0.5) is 11.4 Å². The topological polar surface area (TPSA) is 71.9 Å². The lowest BCUT2D eigenvalue weighted by Crippen LogP contribution is -2.36. The Morgan fingerprint density at radius 3 is 2.44 bits per heavy atom. The standard InChI is InChI=1S/C32H33N5O3S/c1-21-19-27(22(2)36(21)26-8-6-7-23(20-26)31(38)39-3)30-29(28-9-4-5-14-33-28)34-32(41)37(30)25-12-10-24(11-13-25)35-15-17-40-18-16-35/h4-14,19-20,29-30H,15-18H2,1-3H3,(H,34,41)/t29-,30+/m1/s1. The van der Waals surface area contributed by atoms with Crippen molar-refractivity contribution in [2.24, 2.45) is 0 Å². The van der Waals surface area contributed by atoms with Crippen LogP contribution in [0.2, 0.25) is 0 Å². The summed E-state index contributed by atoms with van der Waals surface area (Å²) in [5, 5.41) is 4.23. The maximum absolute atomic E-state index is 12.3. The minimum Gasteiger partial charge on any atom is -0.465 e. The van der Waals surface area contributed by atoms with E-state index in [2.05, 4.69) is 63.9 Å². The quantitative estimate of drug-likeness (QED) is 0.249. The minimum absolute atomic E-state index is 0.143. The van der Waals surface area contributed by atoms with E-state index in [1.54, 1.807) is 6.07 Å². The SMILES string of the molecule is COC(=O)c1cccc(-n2c(C)cc([C@H]3[C@@H](c4ccccn4)NC(=S)N3c3ccc(N4CCOCC4)cc3)c2C)c1. The Morgan fingerprint density at radius 2 is 1.73 bits per heavy atom. The number of morpholine rings is 1. The molecule has 6 rings (SSSR count). The molecule has 8 nitrogen and oxygen atoms in total. The Kier molecular flexibility index (Phi) is 7.47. The Labute approximate surface area is 245 Å². The van der Waals surface area contributed by atoms with Gasteiger partial charge in [0.1, 0.15) is 0 Å². The monoisotopic (exact) mass is 567 g/mol. The summed E-state index contributed by atoms with van der Waals surface area (Å²) in [6, 6.07) is 24.0. The van der Waals surface area contributed by atoms with Gasteiger partial charge in [-0.2, -0.15) is 0 Å². The number of ether oxygens (including phenoxy) is 2. The smallest absolute Gasteiger partial charge is 0.337 e. The van der Waals surface area contributed by atoms with Gasteiger partial charge in [0.25, 0.3) is 0 Å². The fraction of sp³-hybridized carbons (Fsp3) is 0.281. The van der Waals surface area contributed by atoms with Crippen LogP contribution in [0, 0.1) is 13.8 Å². The highest BCUT2D eigenvalue weighted by Gasteiger charge is 2.42. The zero-order valence-electron chi connectivity index (χ0n) is 23.4. The molecule has 2 atom stereocenters. The number of carbonyl (C=O) groups is 1. The number of rotatable bonds is 6. The fourth-order valence-electron chi connectivity index (χ4n) is 5.97. The largest absolute Gasteiger partial charge is 0.465 e. The molecule has 0 aliphatic carbocycles. The summed E-state index contributed by atoms with van der Waals surface area (Å²) < 4.78 is 12.7. The van der Waals surface area contributed by atoms with E-state index in [9.17, 15) is 4.79 Å². The Hall–Kier alpha value is -4.21. The van der Waals surface area contributed by atoms with E-state index in [1.807, 2.05) is 42.6 Å². The van der Waals surface area contributed by atoms with Crippen molar-refractivity contribution in [3.63, 3.8) is 0 Å². The van der Waals surface area contributed by atoms with Gasteiger partial charge in [0, 0.05) is 47.7 Å². The lowest BCUT2D eigenvalue weighted by Gasteiger charge is -2.31. The van der Waals surface area contributed by atoms with Crippen molar-refractivity contribution in [3.8, 4) is 5.69 Å². The first-order chi connectivity index (χ1) is 20.0. The van der Waals surface area contributed by atoms with Crippen LogP contribution in [0.15, 0.2) is 79.0 Å². The molecule has 0 saturated carbocycles. The van der Waals surface area contributed by atoms with E-state index in [-0.39, 0.29) is 18.1 Å². The first-order valence-corrected chi connectivity index (χ1v) is 14.2. The third-order valence-electron chi connectivity index (χ3n) is 7.92. The second kappa shape index (κ2) is 11.3. The summed E-state index contributed by atoms with van der Waals surface area (Å²) in [5.74, 6) is -0.359. The molecule has 0 amide bonds. The van der Waals surface area contributed by atoms with E-state index < -0.39 is 0 Å². The zero-order valence-corrected chi connectivity index (χ0v) is 24.2. The molecule has 0 unspecified atom stereocenters. The van der Waals surface area contributed by atoms with Crippen LogP contribution in [0.3, 0.4) is 0 Å². The second-order valence-corrected chi connectivity index (χ2v) is 10.7. The zero-order chi connectivity index (χ0) is 28.5. The van der Waals surface area contributed by atoms with E-state index in [0.29, 0.717) is 10.7 Å². The van der Waals surface area contributed by atoms with Gasteiger partial charge in [0.05, 0.1) is 43.7 Å². The number of thiocarbonyl (C=S) groups is 1. The Bertz CT molecular complexity index is 1560. The number of esters is 1. The van der Waals surface area contributed by atoms with Gasteiger partial charge in [-0.25, -0.2) is 4.79 Å². The van der Waals surface area contributed by atoms with Crippen molar-refractivity contribution in [2.75, 3.05) is 43.2 Å². The number of hydrogen-bond donors (Lipinski definition) is 1. The molecule has 2 aliphatic heterocycles. The third kappa shape index (κ3) is 5.07. The van der Waals surface area contributed by atoms with Crippen molar-refractivity contribution >= 4 is 34.7 Å². The minimum atomic E-state index is -0.359. The number of benzene rings is 2. The van der Waals surface area contributed by atoms with Crippen LogP contribution >= 0.6 is 12.2 Å². The van der Waals surface area contributed by atoms with E-state index in [4.69, 9.17) is 26.7 Å². The molecule has 2 aliphatic rings. The number of nitrogens with one attached hydrogen (secondary N) is 1. The Morgan fingerprint density at radius 1 is 0.976 bits per heavy atom. The summed E-state index contributed by atoms with van der Waals surface area (Å²) in [6.07, 6.45) is 1.82. The van der Waals surface area contributed by atoms with Crippen LogP contribution < -0.4 is 15.1 Å². The second-order valence-electron chi connectivity index (χ2n) is 10.3. The van der Waals surface area contributed by atoms with Crippen LogP contribution in [0.1, 0.15) is 45.1 Å². The van der Waals surface area contributed by atoms with Crippen molar-refractivity contribution in [1.82, 2.24) is 14.9 Å². The van der Waals surface area contributed by atoms with Gasteiger partial charge in [-0.05, 0) is 92.3 Å². The highest BCUT2D eigenvalue weighted by atomic mass is 32.1. The average molecular weight is 568 g/mol. The molecule has 4 aromatic rings. The third-order valence-corrected chi connectivity index (χ3v) is 8.23. The Balaban J connectivity index is 1.43. The van der Waals surface area contributed by atoms with Crippen LogP contribution in [0.25, 0.3) is 5.69 Å². The number of pyridine rings is 1. The maximum Gasteiger partial charge on any atom is 0.337 e. The highest BCUT2D eigenvalue weighted by molar-refractivity contribution is 7.80. The first kappa shape index (κ1) is 27.0. The van der Waals surface area contributed by atoms with Crippen LogP contribution in [-0.4, -0.2) is 54.0 Å². The number of anilines is 2. The molecule has 0 spiro atoms. The maximum atomic E-state index is 12.3. The molecule has 2 saturated heterocycles. The van der Waals surface area contributed by atoms with Crippen molar-refractivity contribution < 1.29 is 14.3 Å². The van der Waals surface area contributed by atoms with Gasteiger partial charge in [0.2, 0.25) is 0 Å². The fourth-order valence-corrected chi connectivity index (χ4v) is 6.31. The van der Waals surface area contributed by atoms with Crippen molar-refractivity contribution in [2.45, 2.75) is 25.9 Å². The molecule has 41 heavy (non-hydrogen) atoms. The number of carbonyl (C=O) groups excluding carboxylic acids is 1. The molecule has 1 N–H and O–H groups in total.